The maximum Gasteiger partial charge on any atom is 0.193 e. The number of nitrogens with one attached hydrogen (secondary N) is 1. The van der Waals surface area contributed by atoms with E-state index in [4.69, 9.17) is 22.1 Å². The van der Waals surface area contributed by atoms with Crippen LogP contribution in [0.15, 0.2) is 53.5 Å². The van der Waals surface area contributed by atoms with Crippen molar-refractivity contribution < 1.29 is 4.74 Å². The van der Waals surface area contributed by atoms with Crippen molar-refractivity contribution in [3.63, 3.8) is 0 Å². The van der Waals surface area contributed by atoms with Crippen LogP contribution in [0.1, 0.15) is 24.3 Å². The average Bonchev–Trinajstić information content (AvgIpc) is 2.51. The molecule has 0 unspecified atom stereocenters. The Morgan fingerprint density at radius 2 is 2.00 bits per heavy atom. The van der Waals surface area contributed by atoms with Crippen LogP contribution >= 0.6 is 11.6 Å². The highest BCUT2D eigenvalue weighted by molar-refractivity contribution is 6.31. The van der Waals surface area contributed by atoms with Crippen molar-refractivity contribution in [1.29, 1.82) is 0 Å². The van der Waals surface area contributed by atoms with Crippen LogP contribution in [-0.4, -0.2) is 19.1 Å². The molecule has 3 N–H and O–H groups in total. The molecule has 5 heteroatoms. The molecule has 0 bridgehead atoms. The summed E-state index contributed by atoms with van der Waals surface area (Å²) in [5, 5.41) is 3.94. The van der Waals surface area contributed by atoms with E-state index >= 15 is 0 Å². The van der Waals surface area contributed by atoms with Crippen LogP contribution < -0.4 is 15.8 Å². The highest BCUT2D eigenvalue weighted by Gasteiger charge is 2.31. The predicted octanol–water partition coefficient (Wildman–Crippen LogP) is 4.02. The van der Waals surface area contributed by atoms with Gasteiger partial charge in [0.15, 0.2) is 5.96 Å². The van der Waals surface area contributed by atoms with Crippen molar-refractivity contribution >= 4 is 23.2 Å². The van der Waals surface area contributed by atoms with Crippen LogP contribution in [-0.2, 0) is 0 Å². The molecule has 0 radical (unpaired) electrons. The molecule has 0 atom stereocenters. The Bertz CT molecular complexity index is 711. The van der Waals surface area contributed by atoms with Crippen LogP contribution in [0.2, 0.25) is 5.02 Å². The van der Waals surface area contributed by atoms with E-state index in [1.807, 2.05) is 42.5 Å². The number of hydrogen-bond acceptors (Lipinski definition) is 2. The van der Waals surface area contributed by atoms with Gasteiger partial charge in [-0.1, -0.05) is 35.9 Å². The molecule has 2 aromatic carbocycles. The SMILES string of the molecule is COc1cccc(NC(N)=NC2CC(c3ccccc3Cl)C2)c1. The Morgan fingerprint density at radius 1 is 1.22 bits per heavy atom. The van der Waals surface area contributed by atoms with Gasteiger partial charge in [-0.2, -0.15) is 0 Å². The summed E-state index contributed by atoms with van der Waals surface area (Å²) in [5.41, 5.74) is 8.07. The first-order valence-electron chi connectivity index (χ1n) is 7.64. The standard InChI is InChI=1S/C18H20ClN3O/c1-23-15-6-4-5-13(11-15)21-18(20)22-14-9-12(10-14)16-7-2-3-8-17(16)19/h2-8,11-12,14H,9-10H2,1H3,(H3,20,21,22). The Balaban J connectivity index is 1.57. The Hall–Kier alpha value is -2.20. The lowest BCUT2D eigenvalue weighted by Crippen LogP contribution is -2.31. The molecule has 4 nitrogen and oxygen atoms in total. The molecule has 2 aromatic rings. The molecule has 0 saturated heterocycles. The zero-order valence-electron chi connectivity index (χ0n) is 13.0. The lowest BCUT2D eigenvalue weighted by molar-refractivity contribution is 0.353. The van der Waals surface area contributed by atoms with Crippen LogP contribution in [0.4, 0.5) is 5.69 Å². The van der Waals surface area contributed by atoms with Gasteiger partial charge < -0.3 is 15.8 Å². The maximum atomic E-state index is 6.24. The second kappa shape index (κ2) is 6.92. The van der Waals surface area contributed by atoms with Crippen LogP contribution in [0.25, 0.3) is 0 Å². The van der Waals surface area contributed by atoms with Crippen molar-refractivity contribution in [1.82, 2.24) is 0 Å². The molecule has 0 aromatic heterocycles. The minimum Gasteiger partial charge on any atom is -0.497 e. The number of rotatable bonds is 4. The molecule has 120 valence electrons. The third kappa shape index (κ3) is 3.77. The van der Waals surface area contributed by atoms with E-state index in [9.17, 15) is 0 Å². The number of methoxy groups -OCH3 is 1. The number of guanidine groups is 1. The zero-order chi connectivity index (χ0) is 16.2. The van der Waals surface area contributed by atoms with Gasteiger partial charge in [-0.15, -0.1) is 0 Å². The molecule has 1 aliphatic carbocycles. The number of nitrogens with two attached hydrogens (primary N) is 1. The summed E-state index contributed by atoms with van der Waals surface area (Å²) in [4.78, 5) is 4.54. The highest BCUT2D eigenvalue weighted by Crippen LogP contribution is 2.41. The zero-order valence-corrected chi connectivity index (χ0v) is 13.8. The van der Waals surface area contributed by atoms with Crippen LogP contribution in [0, 0.1) is 0 Å². The number of hydrogen-bond donors (Lipinski definition) is 2. The Morgan fingerprint density at radius 3 is 2.74 bits per heavy atom. The summed E-state index contributed by atoms with van der Waals surface area (Å²) in [7, 11) is 1.64. The predicted molar refractivity (Wildman–Crippen MR) is 95.5 cm³/mol. The lowest BCUT2D eigenvalue weighted by Gasteiger charge is -2.33. The van der Waals surface area contributed by atoms with Crippen LogP contribution in [0.5, 0.6) is 5.75 Å². The minimum atomic E-state index is 0.245. The monoisotopic (exact) mass is 329 g/mol. The summed E-state index contributed by atoms with van der Waals surface area (Å²) in [6.07, 6.45) is 1.95. The van der Waals surface area contributed by atoms with E-state index in [0.29, 0.717) is 11.9 Å². The summed E-state index contributed by atoms with van der Waals surface area (Å²) in [6, 6.07) is 15.9. The fourth-order valence-corrected chi connectivity index (χ4v) is 3.12. The number of nitrogens with zero attached hydrogens (tertiary/aromatic N) is 1. The lowest BCUT2D eigenvalue weighted by atomic mass is 9.76. The summed E-state index contributed by atoms with van der Waals surface area (Å²) in [5.74, 6) is 1.69. The fourth-order valence-electron chi connectivity index (χ4n) is 2.83. The average molecular weight is 330 g/mol. The van der Waals surface area contributed by atoms with Crippen molar-refractivity contribution in [2.75, 3.05) is 12.4 Å². The molecular weight excluding hydrogens is 310 g/mol. The number of aliphatic imine (C=N–C) groups is 1. The molecule has 23 heavy (non-hydrogen) atoms. The molecule has 1 aliphatic rings. The van der Waals surface area contributed by atoms with Crippen LogP contribution in [0.3, 0.4) is 0 Å². The quantitative estimate of drug-likeness (QED) is 0.658. The fraction of sp³-hybridized carbons (Fsp3) is 0.278. The van der Waals surface area contributed by atoms with E-state index in [2.05, 4.69) is 16.4 Å². The maximum absolute atomic E-state index is 6.24. The van der Waals surface area contributed by atoms with Gasteiger partial charge in [0, 0.05) is 16.8 Å². The first-order chi connectivity index (χ1) is 11.2. The van der Waals surface area contributed by atoms with E-state index < -0.39 is 0 Å². The summed E-state index contributed by atoms with van der Waals surface area (Å²) in [6.45, 7) is 0. The smallest absolute Gasteiger partial charge is 0.193 e. The van der Waals surface area contributed by atoms with Crippen molar-refractivity contribution in [3.8, 4) is 5.75 Å². The number of halogens is 1. The van der Waals surface area contributed by atoms with Gasteiger partial charge in [0.25, 0.3) is 0 Å². The van der Waals surface area contributed by atoms with Gasteiger partial charge in [0.2, 0.25) is 0 Å². The molecule has 0 spiro atoms. The van der Waals surface area contributed by atoms with E-state index in [-0.39, 0.29) is 6.04 Å². The Kier molecular flexibility index (Phi) is 4.72. The molecule has 1 fully saturated rings. The number of anilines is 1. The van der Waals surface area contributed by atoms with E-state index in [0.717, 1.165) is 29.3 Å². The second-order valence-electron chi connectivity index (χ2n) is 5.71. The number of benzene rings is 2. The molecule has 1 saturated carbocycles. The van der Waals surface area contributed by atoms with Gasteiger partial charge in [0.1, 0.15) is 5.75 Å². The Labute approximate surface area is 141 Å². The van der Waals surface area contributed by atoms with Gasteiger partial charge >= 0.3 is 0 Å². The van der Waals surface area contributed by atoms with Gasteiger partial charge in [-0.3, -0.25) is 0 Å². The molecule has 3 rings (SSSR count). The second-order valence-corrected chi connectivity index (χ2v) is 6.12. The molecular formula is C18H20ClN3O. The van der Waals surface area contributed by atoms with Gasteiger partial charge in [0.05, 0.1) is 13.2 Å². The van der Waals surface area contributed by atoms with Crippen molar-refractivity contribution in [2.24, 2.45) is 10.7 Å². The third-order valence-electron chi connectivity index (χ3n) is 4.12. The molecule has 0 heterocycles. The summed E-state index contributed by atoms with van der Waals surface area (Å²) < 4.78 is 5.19. The highest BCUT2D eigenvalue weighted by atomic mass is 35.5. The largest absolute Gasteiger partial charge is 0.497 e. The van der Waals surface area contributed by atoms with Gasteiger partial charge in [-0.25, -0.2) is 4.99 Å². The first kappa shape index (κ1) is 15.7. The topological polar surface area (TPSA) is 59.6 Å². The summed E-state index contributed by atoms with van der Waals surface area (Å²) >= 11 is 6.24. The third-order valence-corrected chi connectivity index (χ3v) is 4.47. The van der Waals surface area contributed by atoms with E-state index in [1.54, 1.807) is 7.11 Å². The first-order valence-corrected chi connectivity index (χ1v) is 8.02. The number of ether oxygens (including phenoxy) is 1. The normalized spacial score (nSPS) is 20.7. The van der Waals surface area contributed by atoms with E-state index in [1.165, 1.54) is 5.56 Å². The molecule has 0 amide bonds. The molecule has 0 aliphatic heterocycles. The minimum absolute atomic E-state index is 0.245. The van der Waals surface area contributed by atoms with Crippen molar-refractivity contribution in [3.05, 3.63) is 59.1 Å². The van der Waals surface area contributed by atoms with Gasteiger partial charge in [-0.05, 0) is 42.5 Å². The van der Waals surface area contributed by atoms with Crippen molar-refractivity contribution in [2.45, 2.75) is 24.8 Å².